The van der Waals surface area contributed by atoms with Gasteiger partial charge in [-0.3, -0.25) is 9.36 Å². The fraction of sp³-hybridized carbons (Fsp3) is 0.316. The third-order valence-electron chi connectivity index (χ3n) is 4.58. The monoisotopic (exact) mass is 335 g/mol. The zero-order chi connectivity index (χ0) is 16.7. The van der Waals surface area contributed by atoms with Gasteiger partial charge in [-0.05, 0) is 44.2 Å². The highest BCUT2D eigenvalue weighted by Gasteiger charge is 2.22. The second-order valence-corrected chi connectivity index (χ2v) is 7.33. The number of hydrogen-bond acceptors (Lipinski definition) is 4. The van der Waals surface area contributed by atoms with E-state index in [1.807, 2.05) is 31.2 Å². The van der Waals surface area contributed by atoms with E-state index in [0.717, 1.165) is 40.6 Å². The third-order valence-corrected chi connectivity index (χ3v) is 5.77. The normalized spacial score (nSPS) is 13.7. The number of fused-ring (bicyclic) bond motifs is 3. The number of benzene rings is 1. The van der Waals surface area contributed by atoms with Gasteiger partial charge in [-0.2, -0.15) is 5.26 Å². The minimum absolute atomic E-state index is 0.0235. The first-order valence-corrected chi connectivity index (χ1v) is 9.00. The Hall–Kier alpha value is -2.45. The predicted molar refractivity (Wildman–Crippen MR) is 96.3 cm³/mol. The van der Waals surface area contributed by atoms with E-state index in [4.69, 9.17) is 4.98 Å². The topological polar surface area (TPSA) is 58.7 Å². The summed E-state index contributed by atoms with van der Waals surface area (Å²) in [5.41, 5.74) is 3.09. The number of hydrogen-bond donors (Lipinski definition) is 0. The average Bonchev–Trinajstić information content (AvgIpc) is 2.96. The maximum Gasteiger partial charge on any atom is 0.263 e. The molecular weight excluding hydrogens is 318 g/mol. The second-order valence-electron chi connectivity index (χ2n) is 6.25. The molecule has 0 atom stereocenters. The molecule has 4 rings (SSSR count). The molecular formula is C19H17N3OS. The summed E-state index contributed by atoms with van der Waals surface area (Å²) in [5.74, 6) is 0.594. The lowest BCUT2D eigenvalue weighted by Crippen LogP contribution is -2.23. The summed E-state index contributed by atoms with van der Waals surface area (Å²) in [6.07, 6.45) is 4.28. The Labute approximate surface area is 144 Å². The maximum absolute atomic E-state index is 13.1. The highest BCUT2D eigenvalue weighted by molar-refractivity contribution is 7.18. The summed E-state index contributed by atoms with van der Waals surface area (Å²) in [5, 5.41) is 9.93. The van der Waals surface area contributed by atoms with Crippen LogP contribution in [0, 0.1) is 18.3 Å². The Balaban J connectivity index is 2.05. The van der Waals surface area contributed by atoms with Crippen molar-refractivity contribution in [1.29, 1.82) is 5.26 Å². The number of thiophene rings is 1. The minimum Gasteiger partial charge on any atom is -0.278 e. The van der Waals surface area contributed by atoms with Crippen LogP contribution in [0.25, 0.3) is 21.6 Å². The van der Waals surface area contributed by atoms with Gasteiger partial charge >= 0.3 is 0 Å². The first-order valence-electron chi connectivity index (χ1n) is 8.18. The van der Waals surface area contributed by atoms with Gasteiger partial charge in [-0.15, -0.1) is 11.3 Å². The van der Waals surface area contributed by atoms with E-state index in [1.54, 1.807) is 11.3 Å². The summed E-state index contributed by atoms with van der Waals surface area (Å²) in [7, 11) is 0. The van der Waals surface area contributed by atoms with Crippen LogP contribution in [0.15, 0.2) is 29.1 Å². The molecule has 0 saturated carbocycles. The van der Waals surface area contributed by atoms with Crippen molar-refractivity contribution in [1.82, 2.24) is 9.55 Å². The molecule has 0 aliphatic heterocycles. The van der Waals surface area contributed by atoms with Crippen molar-refractivity contribution in [3.63, 3.8) is 0 Å². The lowest BCUT2D eigenvalue weighted by molar-refractivity contribution is 0.698. The highest BCUT2D eigenvalue weighted by Crippen LogP contribution is 2.34. The second kappa shape index (κ2) is 5.88. The van der Waals surface area contributed by atoms with Crippen LogP contribution >= 0.6 is 11.3 Å². The van der Waals surface area contributed by atoms with E-state index in [0.29, 0.717) is 5.82 Å². The van der Waals surface area contributed by atoms with E-state index >= 15 is 0 Å². The van der Waals surface area contributed by atoms with Crippen LogP contribution in [0.3, 0.4) is 0 Å². The van der Waals surface area contributed by atoms with E-state index in [2.05, 4.69) is 6.07 Å². The molecule has 3 aromatic rings. The van der Waals surface area contributed by atoms with Crippen molar-refractivity contribution >= 4 is 21.6 Å². The molecule has 0 unspecified atom stereocenters. The Kier molecular flexibility index (Phi) is 3.70. The average molecular weight is 335 g/mol. The van der Waals surface area contributed by atoms with Gasteiger partial charge in [-0.1, -0.05) is 23.8 Å². The molecule has 1 aliphatic rings. The quantitative estimate of drug-likeness (QED) is 0.715. The number of aryl methyl sites for hydroxylation is 3. The molecule has 120 valence electrons. The SMILES string of the molecule is Cc1cccc(-c2nc3sc4c(c3c(=O)n2CC#N)CCCC4)c1. The van der Waals surface area contributed by atoms with Crippen LogP contribution in [0.1, 0.15) is 28.8 Å². The zero-order valence-corrected chi connectivity index (χ0v) is 14.3. The summed E-state index contributed by atoms with van der Waals surface area (Å²) >= 11 is 1.65. The molecule has 2 aromatic heterocycles. The summed E-state index contributed by atoms with van der Waals surface area (Å²) in [6, 6.07) is 10.0. The Morgan fingerprint density at radius 2 is 2.17 bits per heavy atom. The van der Waals surface area contributed by atoms with Crippen molar-refractivity contribution in [2.45, 2.75) is 39.2 Å². The van der Waals surface area contributed by atoms with Crippen molar-refractivity contribution in [2.75, 3.05) is 0 Å². The van der Waals surface area contributed by atoms with Gasteiger partial charge in [0.05, 0.1) is 11.5 Å². The lowest BCUT2D eigenvalue weighted by atomic mass is 9.97. The van der Waals surface area contributed by atoms with Crippen LogP contribution < -0.4 is 5.56 Å². The number of rotatable bonds is 2. The number of aromatic nitrogens is 2. The third kappa shape index (κ3) is 2.35. The molecule has 0 spiro atoms. The largest absolute Gasteiger partial charge is 0.278 e. The highest BCUT2D eigenvalue weighted by atomic mass is 32.1. The molecule has 0 amide bonds. The zero-order valence-electron chi connectivity index (χ0n) is 13.5. The van der Waals surface area contributed by atoms with Gasteiger partial charge in [0.25, 0.3) is 5.56 Å². The van der Waals surface area contributed by atoms with Crippen LogP contribution in [0.4, 0.5) is 0 Å². The van der Waals surface area contributed by atoms with Crippen LogP contribution in [-0.2, 0) is 19.4 Å². The Morgan fingerprint density at radius 1 is 1.33 bits per heavy atom. The van der Waals surface area contributed by atoms with Gasteiger partial charge in [0.1, 0.15) is 17.2 Å². The van der Waals surface area contributed by atoms with E-state index < -0.39 is 0 Å². The van der Waals surface area contributed by atoms with E-state index in [-0.39, 0.29) is 12.1 Å². The van der Waals surface area contributed by atoms with Crippen LogP contribution in [0.5, 0.6) is 0 Å². The first-order chi connectivity index (χ1) is 11.7. The molecule has 1 aromatic carbocycles. The van der Waals surface area contributed by atoms with E-state index in [1.165, 1.54) is 21.4 Å². The van der Waals surface area contributed by atoms with Crippen molar-refractivity contribution in [3.8, 4) is 17.5 Å². The van der Waals surface area contributed by atoms with Gasteiger partial charge in [0.2, 0.25) is 0 Å². The maximum atomic E-state index is 13.1. The molecule has 0 saturated heterocycles. The van der Waals surface area contributed by atoms with Gasteiger partial charge < -0.3 is 0 Å². The fourth-order valence-electron chi connectivity index (χ4n) is 3.46. The van der Waals surface area contributed by atoms with Gasteiger partial charge in [0.15, 0.2) is 0 Å². The minimum atomic E-state index is -0.0718. The molecule has 0 fully saturated rings. The molecule has 5 heteroatoms. The standard InChI is InChI=1S/C19H17N3OS/c1-12-5-4-6-13(11-12)17-21-18-16(19(23)22(17)10-9-20)14-7-2-3-8-15(14)24-18/h4-6,11H,2-3,7-8,10H2,1H3. The predicted octanol–water partition coefficient (Wildman–Crippen LogP) is 3.84. The van der Waals surface area contributed by atoms with Crippen LogP contribution in [-0.4, -0.2) is 9.55 Å². The molecule has 0 N–H and O–H groups in total. The van der Waals surface area contributed by atoms with Crippen molar-refractivity contribution in [3.05, 3.63) is 50.6 Å². The Morgan fingerprint density at radius 3 is 2.96 bits per heavy atom. The van der Waals surface area contributed by atoms with Crippen molar-refractivity contribution < 1.29 is 0 Å². The molecule has 24 heavy (non-hydrogen) atoms. The first kappa shape index (κ1) is 15.1. The molecule has 1 aliphatic carbocycles. The molecule has 2 heterocycles. The summed E-state index contributed by atoms with van der Waals surface area (Å²) in [4.78, 5) is 20.0. The molecule has 0 radical (unpaired) electrons. The van der Waals surface area contributed by atoms with E-state index in [9.17, 15) is 10.1 Å². The molecule has 4 nitrogen and oxygen atoms in total. The summed E-state index contributed by atoms with van der Waals surface area (Å²) in [6.45, 7) is 2.04. The smallest absolute Gasteiger partial charge is 0.263 e. The van der Waals surface area contributed by atoms with Crippen LogP contribution in [0.2, 0.25) is 0 Å². The lowest BCUT2D eigenvalue weighted by Gasteiger charge is -2.12. The van der Waals surface area contributed by atoms with Gasteiger partial charge in [0, 0.05) is 10.4 Å². The fourth-order valence-corrected chi connectivity index (χ4v) is 4.71. The summed E-state index contributed by atoms with van der Waals surface area (Å²) < 4.78 is 1.53. The molecule has 0 bridgehead atoms. The number of nitrogens with zero attached hydrogens (tertiary/aromatic N) is 3. The number of nitriles is 1. The Bertz CT molecular complexity index is 1040. The van der Waals surface area contributed by atoms with Gasteiger partial charge in [-0.25, -0.2) is 4.98 Å². The van der Waals surface area contributed by atoms with Crippen molar-refractivity contribution in [2.24, 2.45) is 0 Å².